The van der Waals surface area contributed by atoms with E-state index in [1.165, 1.54) is 23.8 Å². The molecule has 1 aliphatic rings. The Labute approximate surface area is 152 Å². The van der Waals surface area contributed by atoms with Gasteiger partial charge in [-0.05, 0) is 11.5 Å². The van der Waals surface area contributed by atoms with Crippen LogP contribution in [0.15, 0.2) is 35.1 Å². The van der Waals surface area contributed by atoms with Crippen LogP contribution in [0, 0.1) is 5.92 Å². The number of benzene rings is 1. The second kappa shape index (κ2) is 8.17. The minimum absolute atomic E-state index is 0.125. The molecule has 1 aliphatic carbocycles. The van der Waals surface area contributed by atoms with Gasteiger partial charge in [-0.25, -0.2) is 9.78 Å². The van der Waals surface area contributed by atoms with E-state index < -0.39 is 11.5 Å². The lowest BCUT2D eigenvalue weighted by atomic mass is 9.87. The van der Waals surface area contributed by atoms with Gasteiger partial charge >= 0.3 is 5.97 Å². The zero-order chi connectivity index (χ0) is 18.5. The first-order valence-electron chi connectivity index (χ1n) is 9.06. The van der Waals surface area contributed by atoms with E-state index in [-0.39, 0.29) is 18.1 Å². The highest BCUT2D eigenvalue weighted by molar-refractivity contribution is 5.88. The fourth-order valence-electron chi connectivity index (χ4n) is 3.46. The van der Waals surface area contributed by atoms with Crippen molar-refractivity contribution in [1.29, 1.82) is 0 Å². The van der Waals surface area contributed by atoms with Gasteiger partial charge in [0.05, 0.1) is 0 Å². The minimum atomic E-state index is -1.24. The SMILES string of the molecule is Cn1c(CC2CCCCC2)nc(C(=O)O)c(OCc2ccccc2)c1=O. The van der Waals surface area contributed by atoms with Crippen molar-refractivity contribution in [1.82, 2.24) is 9.55 Å². The van der Waals surface area contributed by atoms with Crippen molar-refractivity contribution in [2.75, 3.05) is 0 Å². The molecule has 1 fully saturated rings. The normalized spacial score (nSPS) is 15.0. The molecule has 0 spiro atoms. The number of carboxylic acids is 1. The average molecular weight is 356 g/mol. The Hall–Kier alpha value is -2.63. The second-order valence-electron chi connectivity index (χ2n) is 6.86. The molecule has 0 unspecified atom stereocenters. The number of rotatable bonds is 6. The van der Waals surface area contributed by atoms with Crippen LogP contribution in [-0.2, 0) is 20.1 Å². The van der Waals surface area contributed by atoms with Crippen LogP contribution in [0.25, 0.3) is 0 Å². The number of carbonyl (C=O) groups is 1. The molecule has 138 valence electrons. The number of aromatic nitrogens is 2. The number of nitrogens with zero attached hydrogens (tertiary/aromatic N) is 2. The highest BCUT2D eigenvalue weighted by atomic mass is 16.5. The van der Waals surface area contributed by atoms with E-state index in [9.17, 15) is 14.7 Å². The van der Waals surface area contributed by atoms with E-state index in [1.54, 1.807) is 7.05 Å². The lowest BCUT2D eigenvalue weighted by Crippen LogP contribution is -2.29. The lowest BCUT2D eigenvalue weighted by Gasteiger charge is -2.22. The molecule has 2 aromatic rings. The van der Waals surface area contributed by atoms with Gasteiger partial charge in [0.1, 0.15) is 12.4 Å². The van der Waals surface area contributed by atoms with Gasteiger partial charge in [-0.1, -0.05) is 62.4 Å². The molecule has 0 bridgehead atoms. The maximum absolute atomic E-state index is 12.7. The molecule has 1 aromatic carbocycles. The predicted molar refractivity (Wildman–Crippen MR) is 97.5 cm³/mol. The maximum Gasteiger partial charge on any atom is 0.358 e. The third kappa shape index (κ3) is 4.12. The van der Waals surface area contributed by atoms with Crippen molar-refractivity contribution in [3.05, 3.63) is 57.8 Å². The quantitative estimate of drug-likeness (QED) is 0.860. The monoisotopic (exact) mass is 356 g/mol. The van der Waals surface area contributed by atoms with E-state index in [2.05, 4.69) is 4.98 Å². The second-order valence-corrected chi connectivity index (χ2v) is 6.86. The summed E-state index contributed by atoms with van der Waals surface area (Å²) in [6, 6.07) is 9.32. The smallest absolute Gasteiger partial charge is 0.358 e. The van der Waals surface area contributed by atoms with Gasteiger partial charge in [0.15, 0.2) is 5.69 Å². The van der Waals surface area contributed by atoms with E-state index in [0.29, 0.717) is 18.2 Å². The molecule has 0 amide bonds. The van der Waals surface area contributed by atoms with Crippen LogP contribution < -0.4 is 10.3 Å². The summed E-state index contributed by atoms with van der Waals surface area (Å²) >= 11 is 0. The number of ether oxygens (including phenoxy) is 1. The molecule has 6 heteroatoms. The summed E-state index contributed by atoms with van der Waals surface area (Å²) in [4.78, 5) is 28.6. The summed E-state index contributed by atoms with van der Waals surface area (Å²) < 4.78 is 7.00. The summed E-state index contributed by atoms with van der Waals surface area (Å²) in [6.07, 6.45) is 6.45. The van der Waals surface area contributed by atoms with Crippen LogP contribution in [-0.4, -0.2) is 20.6 Å². The Morgan fingerprint density at radius 2 is 1.92 bits per heavy atom. The van der Waals surface area contributed by atoms with Gasteiger partial charge < -0.3 is 9.84 Å². The standard InChI is InChI=1S/C20H24N2O4/c1-22-16(12-14-8-4-2-5-9-14)21-17(20(24)25)18(19(22)23)26-13-15-10-6-3-7-11-15/h3,6-7,10-11,14H,2,4-5,8-9,12-13H2,1H3,(H,24,25). The molecule has 1 aromatic heterocycles. The van der Waals surface area contributed by atoms with Gasteiger partial charge in [-0.3, -0.25) is 9.36 Å². The fourth-order valence-corrected chi connectivity index (χ4v) is 3.46. The van der Waals surface area contributed by atoms with E-state index in [4.69, 9.17) is 4.74 Å². The van der Waals surface area contributed by atoms with Crippen molar-refractivity contribution in [3.8, 4) is 5.75 Å². The van der Waals surface area contributed by atoms with Crippen molar-refractivity contribution in [3.63, 3.8) is 0 Å². The first-order chi connectivity index (χ1) is 12.6. The van der Waals surface area contributed by atoms with Gasteiger partial charge in [-0.15, -0.1) is 0 Å². The molecule has 0 radical (unpaired) electrons. The van der Waals surface area contributed by atoms with Crippen molar-refractivity contribution in [2.45, 2.75) is 45.1 Å². The molecular weight excluding hydrogens is 332 g/mol. The van der Waals surface area contributed by atoms with Gasteiger partial charge in [-0.2, -0.15) is 0 Å². The zero-order valence-corrected chi connectivity index (χ0v) is 15.0. The molecule has 0 aliphatic heterocycles. The van der Waals surface area contributed by atoms with Crippen LogP contribution in [0.5, 0.6) is 5.75 Å². The predicted octanol–water partition coefficient (Wildman–Crippen LogP) is 3.18. The molecule has 3 rings (SSSR count). The zero-order valence-electron chi connectivity index (χ0n) is 15.0. The van der Waals surface area contributed by atoms with Gasteiger partial charge in [0, 0.05) is 13.5 Å². The summed E-state index contributed by atoms with van der Waals surface area (Å²) in [5.41, 5.74) is 0.117. The lowest BCUT2D eigenvalue weighted by molar-refractivity contribution is 0.0683. The van der Waals surface area contributed by atoms with Crippen molar-refractivity contribution < 1.29 is 14.6 Å². The van der Waals surface area contributed by atoms with Crippen LogP contribution >= 0.6 is 0 Å². The summed E-state index contributed by atoms with van der Waals surface area (Å²) in [6.45, 7) is 0.125. The van der Waals surface area contributed by atoms with Gasteiger partial charge in [0.2, 0.25) is 5.75 Å². The summed E-state index contributed by atoms with van der Waals surface area (Å²) in [5, 5.41) is 9.52. The topological polar surface area (TPSA) is 81.4 Å². The Kier molecular flexibility index (Phi) is 5.71. The molecule has 0 saturated heterocycles. The average Bonchev–Trinajstić information content (AvgIpc) is 2.66. The molecule has 1 N–H and O–H groups in total. The molecule has 1 heterocycles. The number of hydrogen-bond acceptors (Lipinski definition) is 4. The summed E-state index contributed by atoms with van der Waals surface area (Å²) in [7, 11) is 1.63. The van der Waals surface area contributed by atoms with E-state index in [1.807, 2.05) is 30.3 Å². The highest BCUT2D eigenvalue weighted by Crippen LogP contribution is 2.26. The first kappa shape index (κ1) is 18.2. The molecule has 26 heavy (non-hydrogen) atoms. The Bertz CT molecular complexity index is 824. The van der Waals surface area contributed by atoms with Crippen molar-refractivity contribution in [2.24, 2.45) is 13.0 Å². The Balaban J connectivity index is 1.87. The van der Waals surface area contributed by atoms with Crippen LogP contribution in [0.4, 0.5) is 0 Å². The van der Waals surface area contributed by atoms with Crippen molar-refractivity contribution >= 4 is 5.97 Å². The largest absolute Gasteiger partial charge is 0.481 e. The maximum atomic E-state index is 12.7. The van der Waals surface area contributed by atoms with Crippen LogP contribution in [0.1, 0.15) is 54.0 Å². The Morgan fingerprint density at radius 3 is 2.58 bits per heavy atom. The van der Waals surface area contributed by atoms with E-state index in [0.717, 1.165) is 18.4 Å². The molecule has 0 atom stereocenters. The highest BCUT2D eigenvalue weighted by Gasteiger charge is 2.23. The van der Waals surface area contributed by atoms with Gasteiger partial charge in [0.25, 0.3) is 5.56 Å². The Morgan fingerprint density at radius 1 is 1.23 bits per heavy atom. The van der Waals surface area contributed by atoms with Crippen LogP contribution in [0.3, 0.4) is 0 Å². The number of carboxylic acid groups (broad SMARTS) is 1. The molecular formula is C20H24N2O4. The molecule has 6 nitrogen and oxygen atoms in total. The first-order valence-corrected chi connectivity index (χ1v) is 9.06. The van der Waals surface area contributed by atoms with E-state index >= 15 is 0 Å². The molecule has 1 saturated carbocycles. The summed E-state index contributed by atoms with van der Waals surface area (Å²) in [5.74, 6) is -0.460. The fraction of sp³-hybridized carbons (Fsp3) is 0.450. The van der Waals surface area contributed by atoms with Crippen LogP contribution in [0.2, 0.25) is 0 Å². The number of hydrogen-bond donors (Lipinski definition) is 1. The minimum Gasteiger partial charge on any atom is -0.481 e. The third-order valence-electron chi connectivity index (χ3n) is 4.97. The third-order valence-corrected chi connectivity index (χ3v) is 4.97. The number of aromatic carboxylic acids is 1.